The van der Waals surface area contributed by atoms with Crippen LogP contribution < -0.4 is 21.1 Å². The Labute approximate surface area is 195 Å². The third-order valence-corrected chi connectivity index (χ3v) is 5.83. The molecule has 0 unspecified atom stereocenters. The van der Waals surface area contributed by atoms with E-state index in [4.69, 9.17) is 15.7 Å². The maximum absolute atomic E-state index is 15.3. The fraction of sp³-hybridized carbons (Fsp3) is 0.200. The second-order valence-corrected chi connectivity index (χ2v) is 8.01. The molecule has 9 heteroatoms. The van der Waals surface area contributed by atoms with E-state index in [1.165, 1.54) is 6.20 Å². The van der Waals surface area contributed by atoms with E-state index < -0.39 is 5.82 Å². The molecular formula is C25H22FN7O. The molecule has 0 fully saturated rings. The highest BCUT2D eigenvalue weighted by Crippen LogP contribution is 2.39. The summed E-state index contributed by atoms with van der Waals surface area (Å²) in [4.78, 5) is 13.2. The van der Waals surface area contributed by atoms with Gasteiger partial charge in [-0.15, -0.1) is 0 Å². The van der Waals surface area contributed by atoms with Crippen molar-refractivity contribution >= 4 is 33.9 Å². The number of nitrogens with zero attached hydrogens (tertiary/aromatic N) is 4. The molecule has 0 saturated carbocycles. The number of hydrogen-bond donors (Lipinski definition) is 3. The van der Waals surface area contributed by atoms with Crippen LogP contribution in [0.1, 0.15) is 17.5 Å². The van der Waals surface area contributed by atoms with Crippen LogP contribution in [0.5, 0.6) is 5.88 Å². The molecule has 1 aliphatic heterocycles. The lowest BCUT2D eigenvalue weighted by atomic mass is 9.98. The molecule has 4 N–H and O–H groups in total. The monoisotopic (exact) mass is 455 g/mol. The maximum Gasteiger partial charge on any atom is 0.237 e. The number of pyridine rings is 1. The van der Waals surface area contributed by atoms with Gasteiger partial charge in [-0.05, 0) is 42.7 Å². The summed E-state index contributed by atoms with van der Waals surface area (Å²) in [5.41, 5.74) is 11.0. The van der Waals surface area contributed by atoms with Crippen molar-refractivity contribution in [2.75, 3.05) is 29.5 Å². The molecule has 34 heavy (non-hydrogen) atoms. The SMILES string of the molecule is Cc1c(-c2cc3nc(Nc4ccc(CCC#N)cc4)ncc3c(N)c2F)cnc2c1NCCO2. The maximum atomic E-state index is 15.3. The minimum Gasteiger partial charge on any atom is -0.474 e. The molecule has 2 aromatic carbocycles. The molecule has 4 aromatic rings. The van der Waals surface area contributed by atoms with Gasteiger partial charge in [-0.1, -0.05) is 12.1 Å². The van der Waals surface area contributed by atoms with E-state index in [0.29, 0.717) is 59.9 Å². The van der Waals surface area contributed by atoms with E-state index >= 15 is 4.39 Å². The second-order valence-electron chi connectivity index (χ2n) is 8.01. The standard InChI is InChI=1S/C25H22FN7O/c1-14-18(12-30-24-23(14)29-9-10-34-24)17-11-20-19(22(28)21(17)26)13-31-25(33-20)32-16-6-4-15(5-7-16)3-2-8-27/h4-7,11-13,29H,2-3,9-10,28H2,1H3,(H,31,32,33). The van der Waals surface area contributed by atoms with Gasteiger partial charge in [0.05, 0.1) is 17.3 Å². The van der Waals surface area contributed by atoms with Crippen LogP contribution in [0, 0.1) is 24.1 Å². The normalized spacial score (nSPS) is 12.4. The first-order chi connectivity index (χ1) is 16.5. The first kappa shape index (κ1) is 21.4. The lowest BCUT2D eigenvalue weighted by Gasteiger charge is -2.22. The summed E-state index contributed by atoms with van der Waals surface area (Å²) >= 11 is 0. The van der Waals surface area contributed by atoms with Crippen molar-refractivity contribution in [1.29, 1.82) is 5.26 Å². The van der Waals surface area contributed by atoms with Crippen LogP contribution in [0.4, 0.5) is 27.4 Å². The van der Waals surface area contributed by atoms with Crippen LogP contribution in [0.25, 0.3) is 22.0 Å². The molecule has 3 heterocycles. The molecule has 0 spiro atoms. The third-order valence-electron chi connectivity index (χ3n) is 5.83. The van der Waals surface area contributed by atoms with Gasteiger partial charge in [-0.2, -0.15) is 5.26 Å². The molecule has 0 bridgehead atoms. The van der Waals surface area contributed by atoms with Crippen molar-refractivity contribution in [3.8, 4) is 23.1 Å². The number of rotatable bonds is 5. The summed E-state index contributed by atoms with van der Waals surface area (Å²) in [6.07, 6.45) is 4.29. The number of aryl methyl sites for hydroxylation is 1. The molecule has 0 aliphatic carbocycles. The summed E-state index contributed by atoms with van der Waals surface area (Å²) in [6, 6.07) is 11.5. The molecule has 0 amide bonds. The predicted octanol–water partition coefficient (Wildman–Crippen LogP) is 4.73. The number of aromatic nitrogens is 3. The van der Waals surface area contributed by atoms with Crippen molar-refractivity contribution in [1.82, 2.24) is 15.0 Å². The highest BCUT2D eigenvalue weighted by atomic mass is 19.1. The van der Waals surface area contributed by atoms with Crippen molar-refractivity contribution in [3.05, 3.63) is 59.7 Å². The number of hydrogen-bond acceptors (Lipinski definition) is 8. The molecule has 0 atom stereocenters. The van der Waals surface area contributed by atoms with Crippen LogP contribution in [0.2, 0.25) is 0 Å². The van der Waals surface area contributed by atoms with Crippen molar-refractivity contribution in [3.63, 3.8) is 0 Å². The van der Waals surface area contributed by atoms with E-state index in [2.05, 4.69) is 31.7 Å². The van der Waals surface area contributed by atoms with E-state index in [9.17, 15) is 0 Å². The predicted molar refractivity (Wildman–Crippen MR) is 130 cm³/mol. The van der Waals surface area contributed by atoms with Gasteiger partial charge in [0.1, 0.15) is 12.3 Å². The molecular weight excluding hydrogens is 433 g/mol. The van der Waals surface area contributed by atoms with Crippen LogP contribution >= 0.6 is 0 Å². The van der Waals surface area contributed by atoms with Crippen LogP contribution in [0.3, 0.4) is 0 Å². The molecule has 0 radical (unpaired) electrons. The Balaban J connectivity index is 1.51. The number of anilines is 4. The van der Waals surface area contributed by atoms with Gasteiger partial charge in [0.25, 0.3) is 0 Å². The van der Waals surface area contributed by atoms with E-state index in [-0.39, 0.29) is 5.69 Å². The van der Waals surface area contributed by atoms with Crippen LogP contribution in [-0.2, 0) is 6.42 Å². The first-order valence-corrected chi connectivity index (χ1v) is 10.9. The highest BCUT2D eigenvalue weighted by molar-refractivity contribution is 5.96. The zero-order valence-corrected chi connectivity index (χ0v) is 18.5. The Kier molecular flexibility index (Phi) is 5.55. The average Bonchev–Trinajstić information content (AvgIpc) is 2.86. The van der Waals surface area contributed by atoms with Crippen LogP contribution in [-0.4, -0.2) is 28.1 Å². The zero-order chi connectivity index (χ0) is 23.7. The van der Waals surface area contributed by atoms with Gasteiger partial charge in [0.15, 0.2) is 5.82 Å². The molecule has 0 saturated heterocycles. The number of nitrogens with one attached hydrogen (secondary N) is 2. The van der Waals surface area contributed by atoms with Gasteiger partial charge in [-0.3, -0.25) is 0 Å². The largest absolute Gasteiger partial charge is 0.474 e. The Hall–Kier alpha value is -4.45. The number of nitrogen functional groups attached to an aromatic ring is 1. The summed E-state index contributed by atoms with van der Waals surface area (Å²) in [5, 5.41) is 15.6. The van der Waals surface area contributed by atoms with Gasteiger partial charge >= 0.3 is 0 Å². The number of fused-ring (bicyclic) bond motifs is 2. The van der Waals surface area contributed by atoms with Crippen LogP contribution in [0.15, 0.2) is 42.7 Å². The van der Waals surface area contributed by atoms with Gasteiger partial charge in [0, 0.05) is 47.6 Å². The Morgan fingerprint density at radius 2 is 2.03 bits per heavy atom. The summed E-state index contributed by atoms with van der Waals surface area (Å²) in [6.45, 7) is 3.08. The van der Waals surface area contributed by atoms with E-state index in [0.717, 1.165) is 22.5 Å². The third kappa shape index (κ3) is 3.90. The molecule has 170 valence electrons. The number of ether oxygens (including phenoxy) is 1. The summed E-state index contributed by atoms with van der Waals surface area (Å²) < 4.78 is 20.9. The summed E-state index contributed by atoms with van der Waals surface area (Å²) in [7, 11) is 0. The number of benzene rings is 2. The smallest absolute Gasteiger partial charge is 0.237 e. The zero-order valence-electron chi connectivity index (χ0n) is 18.5. The van der Waals surface area contributed by atoms with E-state index in [1.807, 2.05) is 31.2 Å². The summed E-state index contributed by atoms with van der Waals surface area (Å²) in [5.74, 6) is 0.338. The average molecular weight is 455 g/mol. The number of halogens is 1. The minimum atomic E-state index is -0.536. The fourth-order valence-electron chi connectivity index (χ4n) is 4.01. The Bertz CT molecular complexity index is 1430. The van der Waals surface area contributed by atoms with E-state index in [1.54, 1.807) is 12.3 Å². The topological polar surface area (TPSA) is 122 Å². The quantitative estimate of drug-likeness (QED) is 0.369. The highest BCUT2D eigenvalue weighted by Gasteiger charge is 2.21. The fourth-order valence-corrected chi connectivity index (χ4v) is 4.01. The molecule has 1 aliphatic rings. The van der Waals surface area contributed by atoms with Crippen molar-refractivity contribution in [2.24, 2.45) is 0 Å². The molecule has 5 rings (SSSR count). The Morgan fingerprint density at radius 1 is 1.21 bits per heavy atom. The number of nitriles is 1. The van der Waals surface area contributed by atoms with Gasteiger partial charge < -0.3 is 21.1 Å². The second kappa shape index (κ2) is 8.83. The number of nitrogens with two attached hydrogens (primary N) is 1. The van der Waals surface area contributed by atoms with Crippen molar-refractivity contribution < 1.29 is 9.13 Å². The molecule has 2 aromatic heterocycles. The lowest BCUT2D eigenvalue weighted by Crippen LogP contribution is -2.20. The minimum absolute atomic E-state index is 0.0118. The molecule has 8 nitrogen and oxygen atoms in total. The van der Waals surface area contributed by atoms with Gasteiger partial charge in [0.2, 0.25) is 11.8 Å². The lowest BCUT2D eigenvalue weighted by molar-refractivity contribution is 0.310. The van der Waals surface area contributed by atoms with Crippen molar-refractivity contribution in [2.45, 2.75) is 19.8 Å². The Morgan fingerprint density at radius 3 is 2.82 bits per heavy atom. The first-order valence-electron chi connectivity index (χ1n) is 10.9. The van der Waals surface area contributed by atoms with Gasteiger partial charge in [-0.25, -0.2) is 19.3 Å².